The van der Waals surface area contributed by atoms with Gasteiger partial charge in [0, 0.05) is 36.8 Å². The first-order valence-electron chi connectivity index (χ1n) is 9.88. The minimum absolute atomic E-state index is 0.0277. The maximum Gasteiger partial charge on any atom is 0.251 e. The first kappa shape index (κ1) is 19.1. The molecule has 0 unspecified atom stereocenters. The van der Waals surface area contributed by atoms with Gasteiger partial charge < -0.3 is 10.2 Å². The minimum Gasteiger partial charge on any atom is -0.352 e. The Morgan fingerprint density at radius 1 is 1.17 bits per heavy atom. The van der Waals surface area contributed by atoms with E-state index in [0.717, 1.165) is 53.3 Å². The van der Waals surface area contributed by atoms with Crippen LogP contribution in [0.5, 0.6) is 0 Å². The summed E-state index contributed by atoms with van der Waals surface area (Å²) < 4.78 is 13.5. The van der Waals surface area contributed by atoms with E-state index in [1.54, 1.807) is 12.4 Å². The van der Waals surface area contributed by atoms with E-state index in [-0.39, 0.29) is 11.7 Å². The largest absolute Gasteiger partial charge is 0.352 e. The molecule has 1 aliphatic rings. The molecular formula is C23H23FN4O. The summed E-state index contributed by atoms with van der Waals surface area (Å²) in [6.07, 6.45) is 3.77. The number of hydrogen-bond acceptors (Lipinski definition) is 4. The first-order chi connectivity index (χ1) is 14.2. The summed E-state index contributed by atoms with van der Waals surface area (Å²) in [5.41, 5.74) is 4.47. The second kappa shape index (κ2) is 8.39. The highest BCUT2D eigenvalue weighted by Crippen LogP contribution is 2.35. The molecule has 148 valence electrons. The molecule has 0 atom stereocenters. The number of benzene rings is 2. The van der Waals surface area contributed by atoms with Gasteiger partial charge >= 0.3 is 0 Å². The molecule has 1 amide bonds. The van der Waals surface area contributed by atoms with E-state index in [1.807, 2.05) is 37.3 Å². The van der Waals surface area contributed by atoms with Crippen LogP contribution in [0, 0.1) is 5.82 Å². The lowest BCUT2D eigenvalue weighted by Gasteiger charge is -2.19. The molecule has 0 bridgehead atoms. The zero-order chi connectivity index (χ0) is 20.2. The van der Waals surface area contributed by atoms with E-state index in [4.69, 9.17) is 0 Å². The molecule has 29 heavy (non-hydrogen) atoms. The number of fused-ring (bicyclic) bond motifs is 1. The first-order valence-corrected chi connectivity index (χ1v) is 9.88. The molecule has 0 aliphatic carbocycles. The summed E-state index contributed by atoms with van der Waals surface area (Å²) >= 11 is 0. The van der Waals surface area contributed by atoms with Crippen LogP contribution in [0.25, 0.3) is 0 Å². The zero-order valence-electron chi connectivity index (χ0n) is 16.4. The number of nitrogens with zero attached hydrogens (tertiary/aromatic N) is 3. The lowest BCUT2D eigenvalue weighted by atomic mass is 10.0. The number of anilines is 2. The van der Waals surface area contributed by atoms with Crippen molar-refractivity contribution in [1.29, 1.82) is 0 Å². The fourth-order valence-corrected chi connectivity index (χ4v) is 3.70. The summed E-state index contributed by atoms with van der Waals surface area (Å²) in [7, 11) is 0. The van der Waals surface area contributed by atoms with E-state index in [1.165, 1.54) is 12.1 Å². The third kappa shape index (κ3) is 4.11. The average Bonchev–Trinajstić information content (AvgIpc) is 3.16. The van der Waals surface area contributed by atoms with Crippen molar-refractivity contribution < 1.29 is 9.18 Å². The highest BCUT2D eigenvalue weighted by atomic mass is 19.1. The van der Waals surface area contributed by atoms with E-state index in [2.05, 4.69) is 20.2 Å². The highest BCUT2D eigenvalue weighted by Gasteiger charge is 2.26. The lowest BCUT2D eigenvalue weighted by Crippen LogP contribution is -2.25. The highest BCUT2D eigenvalue weighted by molar-refractivity contribution is 5.98. The van der Waals surface area contributed by atoms with Gasteiger partial charge in [-0.15, -0.1) is 0 Å². The molecule has 0 saturated carbocycles. The third-order valence-electron chi connectivity index (χ3n) is 5.07. The van der Waals surface area contributed by atoms with Gasteiger partial charge in [0.1, 0.15) is 18.0 Å². The Morgan fingerprint density at radius 3 is 2.86 bits per heavy atom. The van der Waals surface area contributed by atoms with Crippen LogP contribution >= 0.6 is 0 Å². The Hall–Kier alpha value is -3.28. The Kier molecular flexibility index (Phi) is 5.51. The number of carbonyl (C=O) groups excluding carboxylic acids is 1. The van der Waals surface area contributed by atoms with Crippen LogP contribution in [0.2, 0.25) is 0 Å². The van der Waals surface area contributed by atoms with Crippen molar-refractivity contribution in [1.82, 2.24) is 15.3 Å². The second-order valence-corrected chi connectivity index (χ2v) is 7.14. The number of nitrogens with one attached hydrogen (secondary N) is 1. The van der Waals surface area contributed by atoms with Crippen LogP contribution < -0.4 is 10.2 Å². The summed E-state index contributed by atoms with van der Waals surface area (Å²) in [4.78, 5) is 23.4. The van der Waals surface area contributed by atoms with Gasteiger partial charge in [-0.05, 0) is 48.2 Å². The predicted octanol–water partition coefficient (Wildman–Crippen LogP) is 4.04. The van der Waals surface area contributed by atoms with Crippen LogP contribution in [0.1, 0.15) is 40.5 Å². The number of halogens is 1. The molecule has 6 heteroatoms. The number of carbonyl (C=O) groups is 1. The van der Waals surface area contributed by atoms with Gasteiger partial charge in [0.15, 0.2) is 0 Å². The molecule has 1 aromatic heterocycles. The lowest BCUT2D eigenvalue weighted by molar-refractivity contribution is 0.0953. The van der Waals surface area contributed by atoms with E-state index < -0.39 is 0 Å². The molecule has 2 aromatic carbocycles. The molecule has 0 saturated heterocycles. The van der Waals surface area contributed by atoms with Crippen LogP contribution in [0.15, 0.2) is 54.9 Å². The van der Waals surface area contributed by atoms with Crippen molar-refractivity contribution in [2.75, 3.05) is 18.0 Å². The van der Waals surface area contributed by atoms with Gasteiger partial charge in [0.05, 0.1) is 5.69 Å². The standard InChI is InChI=1S/C23H23FN4O/c1-2-10-25-23(29)20-7-4-8-21-19(20)9-11-28(21)22-14-18(26-15-27-22)13-16-5-3-6-17(24)12-16/h3-8,12,14-15H,2,9-11,13H2,1H3,(H,25,29). The maximum absolute atomic E-state index is 13.5. The van der Waals surface area contributed by atoms with Gasteiger partial charge in [-0.3, -0.25) is 4.79 Å². The smallest absolute Gasteiger partial charge is 0.251 e. The topological polar surface area (TPSA) is 58.1 Å². The van der Waals surface area contributed by atoms with Crippen molar-refractivity contribution in [2.24, 2.45) is 0 Å². The quantitative estimate of drug-likeness (QED) is 0.690. The molecule has 2 heterocycles. The minimum atomic E-state index is -0.251. The molecule has 0 spiro atoms. The van der Waals surface area contributed by atoms with E-state index >= 15 is 0 Å². The Labute approximate surface area is 169 Å². The molecule has 5 nitrogen and oxygen atoms in total. The predicted molar refractivity (Wildman–Crippen MR) is 111 cm³/mol. The van der Waals surface area contributed by atoms with Crippen LogP contribution in [0.4, 0.5) is 15.9 Å². The van der Waals surface area contributed by atoms with Crippen molar-refractivity contribution in [3.05, 3.63) is 83.1 Å². The summed E-state index contributed by atoms with van der Waals surface area (Å²) in [5.74, 6) is 0.510. The van der Waals surface area contributed by atoms with Gasteiger partial charge in [-0.25, -0.2) is 14.4 Å². The van der Waals surface area contributed by atoms with E-state index in [9.17, 15) is 9.18 Å². The number of hydrogen-bond donors (Lipinski definition) is 1. The Bertz CT molecular complexity index is 1040. The SMILES string of the molecule is CCCNC(=O)c1cccc2c1CCN2c1cc(Cc2cccc(F)c2)ncn1. The summed E-state index contributed by atoms with van der Waals surface area (Å²) in [6, 6.07) is 14.3. The van der Waals surface area contributed by atoms with Gasteiger partial charge in [0.2, 0.25) is 0 Å². The zero-order valence-corrected chi connectivity index (χ0v) is 16.4. The van der Waals surface area contributed by atoms with Gasteiger partial charge in [0.25, 0.3) is 5.91 Å². The molecule has 0 radical (unpaired) electrons. The summed E-state index contributed by atoms with van der Waals surface area (Å²) in [5, 5.41) is 2.96. The monoisotopic (exact) mass is 390 g/mol. The number of rotatable bonds is 6. The molecule has 4 rings (SSSR count). The average molecular weight is 390 g/mol. The second-order valence-electron chi connectivity index (χ2n) is 7.14. The number of amides is 1. The third-order valence-corrected chi connectivity index (χ3v) is 5.07. The molecule has 3 aromatic rings. The van der Waals surface area contributed by atoms with Crippen molar-refractivity contribution in [3.63, 3.8) is 0 Å². The van der Waals surface area contributed by atoms with Crippen LogP contribution in [-0.2, 0) is 12.8 Å². The van der Waals surface area contributed by atoms with E-state index in [0.29, 0.717) is 13.0 Å². The van der Waals surface area contributed by atoms with Crippen molar-refractivity contribution >= 4 is 17.4 Å². The Balaban J connectivity index is 1.59. The van der Waals surface area contributed by atoms with Crippen molar-refractivity contribution in [2.45, 2.75) is 26.2 Å². The molecule has 1 N–H and O–H groups in total. The van der Waals surface area contributed by atoms with Crippen LogP contribution in [-0.4, -0.2) is 29.0 Å². The fraction of sp³-hybridized carbons (Fsp3) is 0.261. The molecule has 1 aliphatic heterocycles. The fourth-order valence-electron chi connectivity index (χ4n) is 3.70. The van der Waals surface area contributed by atoms with Crippen LogP contribution in [0.3, 0.4) is 0 Å². The maximum atomic E-state index is 13.5. The molecular weight excluding hydrogens is 367 g/mol. The Morgan fingerprint density at radius 2 is 2.03 bits per heavy atom. The van der Waals surface area contributed by atoms with Crippen molar-refractivity contribution in [3.8, 4) is 0 Å². The van der Waals surface area contributed by atoms with Gasteiger partial charge in [-0.2, -0.15) is 0 Å². The number of aromatic nitrogens is 2. The van der Waals surface area contributed by atoms with Gasteiger partial charge in [-0.1, -0.05) is 25.1 Å². The normalized spacial score (nSPS) is 12.7. The summed E-state index contributed by atoms with van der Waals surface area (Å²) in [6.45, 7) is 3.46. The molecule has 0 fully saturated rings.